The minimum Gasteiger partial charge on any atom is -0.508 e. The summed E-state index contributed by atoms with van der Waals surface area (Å²) in [6.45, 7) is 0. The molecule has 0 unspecified atom stereocenters. The summed E-state index contributed by atoms with van der Waals surface area (Å²) >= 11 is 0. The van der Waals surface area contributed by atoms with E-state index in [2.05, 4.69) is 0 Å². The van der Waals surface area contributed by atoms with Gasteiger partial charge in [0.25, 0.3) is 0 Å². The highest BCUT2D eigenvalue weighted by Gasteiger charge is 2.11. The lowest BCUT2D eigenvalue weighted by molar-refractivity contribution is -0.138. The molecule has 1 rings (SSSR count). The van der Waals surface area contributed by atoms with Gasteiger partial charge in [0.1, 0.15) is 11.8 Å². The Bertz CT molecular complexity index is 295. The van der Waals surface area contributed by atoms with Crippen LogP contribution >= 0.6 is 0 Å². The van der Waals surface area contributed by atoms with Gasteiger partial charge in [-0.2, -0.15) is 0 Å². The molecule has 4 N–H and O–H groups in total. The van der Waals surface area contributed by atoms with Gasteiger partial charge in [-0.3, -0.25) is 4.79 Å². The van der Waals surface area contributed by atoms with E-state index in [4.69, 9.17) is 15.9 Å². The molecule has 78 valence electrons. The number of rotatable bonds is 3. The number of benzene rings is 1. The fourth-order valence-corrected chi connectivity index (χ4v) is 0.973. The van der Waals surface area contributed by atoms with Gasteiger partial charge in [0.05, 0.1) is 0 Å². The van der Waals surface area contributed by atoms with Gasteiger partial charge in [-0.15, -0.1) is 0 Å². The van der Waals surface area contributed by atoms with Gasteiger partial charge in [-0.25, -0.2) is 0 Å². The Balaban J connectivity index is 0.00000169. The third-order valence-corrected chi connectivity index (χ3v) is 1.71. The number of carboxylic acids is 1. The zero-order valence-electron chi connectivity index (χ0n) is 6.97. The predicted octanol–water partition coefficient (Wildman–Crippen LogP) is 0.983. The molecule has 0 fully saturated rings. The average Bonchev–Trinajstić information content (AvgIpc) is 2.08. The lowest BCUT2D eigenvalue weighted by atomic mass is 10.1. The second-order valence-electron chi connectivity index (χ2n) is 2.82. The molecular formula is C10H15NO3. The number of nitrogens with two attached hydrogens (primary N) is 1. The number of aliphatic carboxylic acids is 1. The molecule has 0 spiro atoms. The van der Waals surface area contributed by atoms with Gasteiger partial charge in [0.2, 0.25) is 0 Å². The van der Waals surface area contributed by atoms with Crippen LogP contribution in [0.1, 0.15) is 13.0 Å². The van der Waals surface area contributed by atoms with E-state index in [0.717, 1.165) is 5.56 Å². The molecule has 0 aliphatic rings. The maximum absolute atomic E-state index is 10.4. The summed E-state index contributed by atoms with van der Waals surface area (Å²) in [6.07, 6.45) is 0.273. The molecule has 4 heteroatoms. The number of hydrogen-bond donors (Lipinski definition) is 3. The van der Waals surface area contributed by atoms with Crippen LogP contribution in [-0.2, 0) is 11.2 Å². The Morgan fingerprint density at radius 3 is 2.29 bits per heavy atom. The largest absolute Gasteiger partial charge is 0.508 e. The van der Waals surface area contributed by atoms with Gasteiger partial charge in [-0.1, -0.05) is 19.6 Å². The molecule has 1 aromatic rings. The molecule has 0 saturated carbocycles. The monoisotopic (exact) mass is 197 g/mol. The lowest BCUT2D eigenvalue weighted by Gasteiger charge is -2.05. The summed E-state index contributed by atoms with van der Waals surface area (Å²) < 4.78 is 0. The molecule has 1 atom stereocenters. The fraction of sp³-hybridized carbons (Fsp3) is 0.300. The Kier molecular flexibility index (Phi) is 4.66. The first kappa shape index (κ1) is 12.4. The Hall–Kier alpha value is -1.55. The number of phenolic OH excluding ortho intramolecular Hbond substituents is 1. The van der Waals surface area contributed by atoms with Crippen molar-refractivity contribution in [2.75, 3.05) is 0 Å². The van der Waals surface area contributed by atoms with Crippen molar-refractivity contribution < 1.29 is 15.0 Å². The second-order valence-corrected chi connectivity index (χ2v) is 2.82. The van der Waals surface area contributed by atoms with Crippen LogP contribution in [0.5, 0.6) is 5.75 Å². The van der Waals surface area contributed by atoms with Crippen molar-refractivity contribution in [2.24, 2.45) is 5.73 Å². The summed E-state index contributed by atoms with van der Waals surface area (Å²) in [5, 5.41) is 17.5. The number of phenols is 1. The highest BCUT2D eigenvalue weighted by molar-refractivity contribution is 5.73. The van der Waals surface area contributed by atoms with Crippen LogP contribution in [0.25, 0.3) is 0 Å². The highest BCUT2D eigenvalue weighted by atomic mass is 16.4. The third kappa shape index (κ3) is 3.45. The quantitative estimate of drug-likeness (QED) is 0.674. The number of hydrogen-bond acceptors (Lipinski definition) is 3. The van der Waals surface area contributed by atoms with E-state index in [1.54, 1.807) is 12.1 Å². The molecule has 0 aromatic heterocycles. The van der Waals surface area contributed by atoms with E-state index < -0.39 is 12.0 Å². The summed E-state index contributed by atoms with van der Waals surface area (Å²) in [7, 11) is 0. The molecule has 0 heterocycles. The molecular weight excluding hydrogens is 182 g/mol. The first-order valence-electron chi connectivity index (χ1n) is 3.86. The van der Waals surface area contributed by atoms with E-state index in [1.165, 1.54) is 12.1 Å². The van der Waals surface area contributed by atoms with Crippen LogP contribution in [0.15, 0.2) is 24.3 Å². The highest BCUT2D eigenvalue weighted by Crippen LogP contribution is 2.10. The minimum absolute atomic E-state index is 0. The molecule has 4 nitrogen and oxygen atoms in total. The zero-order chi connectivity index (χ0) is 9.84. The Morgan fingerprint density at radius 1 is 1.36 bits per heavy atom. The Morgan fingerprint density at radius 2 is 1.86 bits per heavy atom. The van der Waals surface area contributed by atoms with Crippen molar-refractivity contribution in [3.8, 4) is 5.75 Å². The molecule has 0 aliphatic carbocycles. The molecule has 14 heavy (non-hydrogen) atoms. The van der Waals surface area contributed by atoms with Crippen LogP contribution in [0.4, 0.5) is 0 Å². The van der Waals surface area contributed by atoms with Gasteiger partial charge < -0.3 is 15.9 Å². The van der Waals surface area contributed by atoms with Crippen LogP contribution in [0.2, 0.25) is 0 Å². The van der Waals surface area contributed by atoms with Crippen molar-refractivity contribution in [3.63, 3.8) is 0 Å². The lowest BCUT2D eigenvalue weighted by Crippen LogP contribution is -2.32. The van der Waals surface area contributed by atoms with Crippen molar-refractivity contribution >= 4 is 5.97 Å². The van der Waals surface area contributed by atoms with E-state index >= 15 is 0 Å². The maximum Gasteiger partial charge on any atom is 0.320 e. The van der Waals surface area contributed by atoms with E-state index in [0.29, 0.717) is 0 Å². The summed E-state index contributed by atoms with van der Waals surface area (Å²) in [6, 6.07) is 5.42. The SMILES string of the molecule is C.N[C@H](Cc1ccc(O)cc1)C(=O)O. The van der Waals surface area contributed by atoms with Crippen molar-refractivity contribution in [1.82, 2.24) is 0 Å². The van der Waals surface area contributed by atoms with Gasteiger partial charge in [-0.05, 0) is 24.1 Å². The first-order chi connectivity index (χ1) is 6.09. The molecule has 0 radical (unpaired) electrons. The molecule has 0 aliphatic heterocycles. The Labute approximate surface area is 83.0 Å². The number of carboxylic acid groups (broad SMARTS) is 1. The topological polar surface area (TPSA) is 83.5 Å². The fourth-order valence-electron chi connectivity index (χ4n) is 0.973. The number of carbonyl (C=O) groups is 1. The van der Waals surface area contributed by atoms with Crippen molar-refractivity contribution in [2.45, 2.75) is 19.9 Å². The minimum atomic E-state index is -1.02. The second kappa shape index (κ2) is 5.24. The summed E-state index contributed by atoms with van der Waals surface area (Å²) in [5.74, 6) is -0.860. The van der Waals surface area contributed by atoms with Crippen LogP contribution in [0.3, 0.4) is 0 Å². The van der Waals surface area contributed by atoms with Gasteiger partial charge in [0.15, 0.2) is 0 Å². The molecule has 0 amide bonds. The van der Waals surface area contributed by atoms with Crippen LogP contribution in [0, 0.1) is 0 Å². The van der Waals surface area contributed by atoms with E-state index in [9.17, 15) is 4.79 Å². The standard InChI is InChI=1S/C9H11NO3.CH4/c10-8(9(12)13)5-6-1-3-7(11)4-2-6;/h1-4,8,11H,5,10H2,(H,12,13);1H4/t8-;/m1./s1. The molecule has 1 aromatic carbocycles. The van der Waals surface area contributed by atoms with Gasteiger partial charge >= 0.3 is 5.97 Å². The van der Waals surface area contributed by atoms with E-state index in [-0.39, 0.29) is 19.6 Å². The van der Waals surface area contributed by atoms with E-state index in [1.807, 2.05) is 0 Å². The summed E-state index contributed by atoms with van der Waals surface area (Å²) in [5.41, 5.74) is 6.12. The van der Waals surface area contributed by atoms with Gasteiger partial charge in [0, 0.05) is 0 Å². The predicted molar refractivity (Wildman–Crippen MR) is 54.2 cm³/mol. The average molecular weight is 197 g/mol. The molecule has 0 saturated heterocycles. The smallest absolute Gasteiger partial charge is 0.320 e. The number of aromatic hydroxyl groups is 1. The molecule has 0 bridgehead atoms. The summed E-state index contributed by atoms with van der Waals surface area (Å²) in [4.78, 5) is 10.4. The van der Waals surface area contributed by atoms with Crippen molar-refractivity contribution in [1.29, 1.82) is 0 Å². The van der Waals surface area contributed by atoms with Crippen LogP contribution in [-0.4, -0.2) is 22.2 Å². The zero-order valence-corrected chi connectivity index (χ0v) is 6.97. The first-order valence-corrected chi connectivity index (χ1v) is 3.86. The van der Waals surface area contributed by atoms with Crippen LogP contribution < -0.4 is 5.73 Å². The third-order valence-electron chi connectivity index (χ3n) is 1.71. The normalized spacial score (nSPS) is 11.5. The maximum atomic E-state index is 10.4. The van der Waals surface area contributed by atoms with Crippen molar-refractivity contribution in [3.05, 3.63) is 29.8 Å².